The van der Waals surface area contributed by atoms with Gasteiger partial charge in [0.25, 0.3) is 0 Å². The average molecular weight is 272 g/mol. The summed E-state index contributed by atoms with van der Waals surface area (Å²) in [6.07, 6.45) is 4.08. The van der Waals surface area contributed by atoms with Crippen LogP contribution in [-0.4, -0.2) is 13.7 Å². The first-order chi connectivity index (χ1) is 8.63. The number of halogens is 2. The monoisotopic (exact) mass is 271 g/mol. The molecule has 1 fully saturated rings. The summed E-state index contributed by atoms with van der Waals surface area (Å²) in [5.74, 6) is -0.200. The quantitative estimate of drug-likeness (QED) is 0.911. The molecule has 0 unspecified atom stereocenters. The molecular formula is C14H19ClFNO. The standard InChI is InChI=1S/C14H19ClFNO/c1-18-8-10-6-11(15)7-12(13(10)16)14(9-17)4-2-3-5-14/h6-7H,2-5,8-9,17H2,1H3. The minimum atomic E-state index is -0.239. The van der Waals surface area contributed by atoms with Crippen molar-refractivity contribution in [3.05, 3.63) is 34.1 Å². The highest BCUT2D eigenvalue weighted by molar-refractivity contribution is 6.30. The van der Waals surface area contributed by atoms with E-state index in [4.69, 9.17) is 22.1 Å². The lowest BCUT2D eigenvalue weighted by Gasteiger charge is -2.29. The van der Waals surface area contributed by atoms with Gasteiger partial charge in [0.05, 0.1) is 6.61 Å². The van der Waals surface area contributed by atoms with Crippen molar-refractivity contribution in [2.24, 2.45) is 5.73 Å². The first kappa shape index (κ1) is 13.8. The Morgan fingerprint density at radius 1 is 1.39 bits per heavy atom. The van der Waals surface area contributed by atoms with Gasteiger partial charge in [-0.15, -0.1) is 0 Å². The van der Waals surface area contributed by atoms with Crippen LogP contribution in [0.15, 0.2) is 12.1 Å². The molecule has 4 heteroatoms. The van der Waals surface area contributed by atoms with E-state index < -0.39 is 0 Å². The summed E-state index contributed by atoms with van der Waals surface area (Å²) in [6.45, 7) is 0.705. The molecule has 0 saturated heterocycles. The third-order valence-corrected chi connectivity index (χ3v) is 4.15. The molecule has 0 aromatic heterocycles. The minimum absolute atomic E-state index is 0.200. The van der Waals surface area contributed by atoms with E-state index >= 15 is 0 Å². The van der Waals surface area contributed by atoms with Crippen molar-refractivity contribution in [3.63, 3.8) is 0 Å². The summed E-state index contributed by atoms with van der Waals surface area (Å²) >= 11 is 6.09. The van der Waals surface area contributed by atoms with Crippen molar-refractivity contribution in [2.45, 2.75) is 37.7 Å². The van der Waals surface area contributed by atoms with Gasteiger partial charge in [-0.25, -0.2) is 4.39 Å². The highest BCUT2D eigenvalue weighted by atomic mass is 35.5. The molecule has 100 valence electrons. The minimum Gasteiger partial charge on any atom is -0.380 e. The molecule has 2 N–H and O–H groups in total. The Morgan fingerprint density at radius 3 is 2.61 bits per heavy atom. The molecule has 0 radical (unpaired) electrons. The molecule has 1 aliphatic rings. The Kier molecular flexibility index (Phi) is 4.25. The second kappa shape index (κ2) is 5.55. The van der Waals surface area contributed by atoms with E-state index in [0.717, 1.165) is 25.7 Å². The van der Waals surface area contributed by atoms with Crippen LogP contribution in [0.4, 0.5) is 4.39 Å². The van der Waals surface area contributed by atoms with E-state index in [1.54, 1.807) is 19.2 Å². The van der Waals surface area contributed by atoms with Gasteiger partial charge in [-0.1, -0.05) is 24.4 Å². The van der Waals surface area contributed by atoms with Gasteiger partial charge >= 0.3 is 0 Å². The fourth-order valence-corrected chi connectivity index (χ4v) is 3.17. The number of methoxy groups -OCH3 is 1. The Balaban J connectivity index is 2.49. The molecule has 0 bridgehead atoms. The zero-order valence-electron chi connectivity index (χ0n) is 10.6. The van der Waals surface area contributed by atoms with Crippen LogP contribution < -0.4 is 5.73 Å². The van der Waals surface area contributed by atoms with Crippen molar-refractivity contribution in [1.82, 2.24) is 0 Å². The highest BCUT2D eigenvalue weighted by Crippen LogP contribution is 2.42. The molecule has 0 heterocycles. The summed E-state index contributed by atoms with van der Waals surface area (Å²) < 4.78 is 19.5. The predicted octanol–water partition coefficient (Wildman–Crippen LogP) is 3.40. The molecule has 1 aromatic rings. The lowest BCUT2D eigenvalue weighted by Crippen LogP contribution is -2.33. The van der Waals surface area contributed by atoms with Crippen LogP contribution in [0.2, 0.25) is 5.02 Å². The number of hydrogen-bond donors (Lipinski definition) is 1. The zero-order chi connectivity index (χ0) is 13.2. The third-order valence-electron chi connectivity index (χ3n) is 3.94. The van der Waals surface area contributed by atoms with E-state index in [1.165, 1.54) is 0 Å². The number of ether oxygens (including phenoxy) is 1. The number of nitrogens with two attached hydrogens (primary N) is 1. The summed E-state index contributed by atoms with van der Waals surface area (Å²) in [5, 5.41) is 0.554. The van der Waals surface area contributed by atoms with Crippen LogP contribution in [0.25, 0.3) is 0 Å². The molecule has 0 atom stereocenters. The van der Waals surface area contributed by atoms with Gasteiger partial charge in [0.1, 0.15) is 5.82 Å². The van der Waals surface area contributed by atoms with Gasteiger partial charge in [0.15, 0.2) is 0 Å². The highest BCUT2D eigenvalue weighted by Gasteiger charge is 2.37. The molecule has 2 nitrogen and oxygen atoms in total. The van der Waals surface area contributed by atoms with Crippen LogP contribution >= 0.6 is 11.6 Å². The lowest BCUT2D eigenvalue weighted by atomic mass is 9.78. The van der Waals surface area contributed by atoms with E-state index in [1.807, 2.05) is 0 Å². The van der Waals surface area contributed by atoms with E-state index in [9.17, 15) is 4.39 Å². The van der Waals surface area contributed by atoms with Gasteiger partial charge in [-0.3, -0.25) is 0 Å². The van der Waals surface area contributed by atoms with Gasteiger partial charge in [0, 0.05) is 29.7 Å². The molecule has 0 amide bonds. The Morgan fingerprint density at radius 2 is 2.06 bits per heavy atom. The van der Waals surface area contributed by atoms with Crippen LogP contribution in [0.5, 0.6) is 0 Å². The first-order valence-electron chi connectivity index (χ1n) is 6.30. The molecular weight excluding hydrogens is 253 g/mol. The Labute approximate surface area is 112 Å². The van der Waals surface area contributed by atoms with Crippen molar-refractivity contribution < 1.29 is 9.13 Å². The zero-order valence-corrected chi connectivity index (χ0v) is 11.4. The van der Waals surface area contributed by atoms with Crippen LogP contribution in [0.1, 0.15) is 36.8 Å². The van der Waals surface area contributed by atoms with E-state index in [0.29, 0.717) is 22.7 Å². The smallest absolute Gasteiger partial charge is 0.132 e. The van der Waals surface area contributed by atoms with Gasteiger partial charge in [-0.2, -0.15) is 0 Å². The molecule has 1 aromatic carbocycles. The van der Waals surface area contributed by atoms with Crippen LogP contribution in [0, 0.1) is 5.82 Å². The molecule has 18 heavy (non-hydrogen) atoms. The molecule has 1 saturated carbocycles. The van der Waals surface area contributed by atoms with Crippen molar-refractivity contribution >= 4 is 11.6 Å². The van der Waals surface area contributed by atoms with Crippen LogP contribution in [0.3, 0.4) is 0 Å². The van der Waals surface area contributed by atoms with Crippen molar-refractivity contribution in [3.8, 4) is 0 Å². The molecule has 2 rings (SSSR count). The first-order valence-corrected chi connectivity index (χ1v) is 6.68. The maximum Gasteiger partial charge on any atom is 0.132 e. The SMILES string of the molecule is COCc1cc(Cl)cc(C2(CN)CCCC2)c1F. The topological polar surface area (TPSA) is 35.2 Å². The Bertz CT molecular complexity index is 430. The summed E-state index contributed by atoms with van der Waals surface area (Å²) in [4.78, 5) is 0. The number of benzene rings is 1. The normalized spacial score (nSPS) is 18.2. The fourth-order valence-electron chi connectivity index (χ4n) is 2.93. The van der Waals surface area contributed by atoms with E-state index in [-0.39, 0.29) is 17.8 Å². The largest absolute Gasteiger partial charge is 0.380 e. The second-order valence-electron chi connectivity index (χ2n) is 5.05. The predicted molar refractivity (Wildman–Crippen MR) is 71.3 cm³/mol. The number of rotatable bonds is 4. The maximum atomic E-state index is 14.5. The maximum absolute atomic E-state index is 14.5. The van der Waals surface area contributed by atoms with Crippen molar-refractivity contribution in [2.75, 3.05) is 13.7 Å². The van der Waals surface area contributed by atoms with Gasteiger partial charge < -0.3 is 10.5 Å². The summed E-state index contributed by atoms with van der Waals surface area (Å²) in [5.41, 5.74) is 6.85. The van der Waals surface area contributed by atoms with Crippen molar-refractivity contribution in [1.29, 1.82) is 0 Å². The average Bonchev–Trinajstić information content (AvgIpc) is 2.83. The molecule has 1 aliphatic carbocycles. The van der Waals surface area contributed by atoms with E-state index in [2.05, 4.69) is 0 Å². The fraction of sp³-hybridized carbons (Fsp3) is 0.571. The summed E-state index contributed by atoms with van der Waals surface area (Å²) in [6, 6.07) is 3.36. The van der Waals surface area contributed by atoms with Crippen LogP contribution in [-0.2, 0) is 16.8 Å². The van der Waals surface area contributed by atoms with Gasteiger partial charge in [0.2, 0.25) is 0 Å². The van der Waals surface area contributed by atoms with Gasteiger partial charge in [-0.05, 0) is 30.5 Å². The third kappa shape index (κ3) is 2.40. The number of hydrogen-bond acceptors (Lipinski definition) is 2. The Hall–Kier alpha value is -0.640. The molecule has 0 aliphatic heterocycles. The second-order valence-corrected chi connectivity index (χ2v) is 5.49. The summed E-state index contributed by atoms with van der Waals surface area (Å²) in [7, 11) is 1.55. The molecule has 0 spiro atoms. The lowest BCUT2D eigenvalue weighted by molar-refractivity contribution is 0.181.